The van der Waals surface area contributed by atoms with Gasteiger partial charge in [-0.15, -0.1) is 0 Å². The van der Waals surface area contributed by atoms with Crippen molar-refractivity contribution in [2.24, 2.45) is 0 Å². The Bertz CT molecular complexity index is 1860. The second-order valence-corrected chi connectivity index (χ2v) is 12.9. The summed E-state index contributed by atoms with van der Waals surface area (Å²) in [5.74, 6) is -1.60. The van der Waals surface area contributed by atoms with Crippen LogP contribution in [0.4, 0.5) is 18.9 Å². The van der Waals surface area contributed by atoms with Crippen molar-refractivity contribution < 1.29 is 27.3 Å². The van der Waals surface area contributed by atoms with Gasteiger partial charge in [0.25, 0.3) is 11.8 Å². The highest BCUT2D eigenvalue weighted by Crippen LogP contribution is 2.57. The van der Waals surface area contributed by atoms with E-state index in [9.17, 15) is 22.8 Å². The van der Waals surface area contributed by atoms with E-state index in [-0.39, 0.29) is 27.3 Å². The van der Waals surface area contributed by atoms with E-state index in [1.807, 2.05) is 0 Å². The molecule has 2 amide bonds. The number of carbonyl (C=O) groups is 2. The van der Waals surface area contributed by atoms with Crippen LogP contribution in [-0.4, -0.2) is 11.8 Å². The zero-order valence-electron chi connectivity index (χ0n) is 23.5. The maximum Gasteiger partial charge on any atom is 0.416 e. The van der Waals surface area contributed by atoms with Crippen LogP contribution in [0.15, 0.2) is 145 Å². The molecular weight excluding hydrogens is 620 g/mol. The lowest BCUT2D eigenvalue weighted by atomic mass is 10.1. The highest BCUT2D eigenvalue weighted by molar-refractivity contribution is 7.87. The van der Waals surface area contributed by atoms with Crippen molar-refractivity contribution in [2.75, 3.05) is 5.32 Å². The van der Waals surface area contributed by atoms with Crippen molar-refractivity contribution in [1.29, 1.82) is 0 Å². The topological polar surface area (TPSA) is 75.3 Å². The second-order valence-electron chi connectivity index (χ2n) is 9.84. The first-order valence-corrected chi connectivity index (χ1v) is 15.7. The van der Waals surface area contributed by atoms with E-state index in [0.29, 0.717) is 22.2 Å². The normalized spacial score (nSPS) is 12.2. The molecule has 0 radical (unpaired) electrons. The van der Waals surface area contributed by atoms with Gasteiger partial charge in [0.15, 0.2) is 7.14 Å². The van der Waals surface area contributed by atoms with Crippen LogP contribution >= 0.6 is 18.7 Å². The van der Waals surface area contributed by atoms with Crippen LogP contribution < -0.4 is 21.2 Å². The molecule has 5 nitrogen and oxygen atoms in total. The summed E-state index contributed by atoms with van der Waals surface area (Å²) >= 11 is 6.19. The Balaban J connectivity index is 1.78. The lowest BCUT2D eigenvalue weighted by molar-refractivity contribution is -0.137. The molecule has 0 fully saturated rings. The first-order valence-electron chi connectivity index (χ1n) is 13.6. The molecule has 0 bridgehead atoms. The molecule has 0 aliphatic rings. The Labute approximate surface area is 262 Å². The lowest BCUT2D eigenvalue weighted by Crippen LogP contribution is -2.33. The van der Waals surface area contributed by atoms with E-state index < -0.39 is 30.7 Å². The van der Waals surface area contributed by atoms with Gasteiger partial charge in [-0.05, 0) is 35.9 Å². The largest absolute Gasteiger partial charge is 0.416 e. The standard InChI is InChI=1S/C35H25ClF3N2O3P/c36-29-23-26(35(37,38)39)21-22-30(29)40-34(43)31(41-33(42)25-15-7-2-8-16-25)32(24-13-5-1-6-14-24)45(44,27-17-9-3-10-18-27)28-19-11-4-12-20-28/h1-23H,(H,40,43)(H,41,42)/b32-31-. The molecule has 5 aromatic carbocycles. The summed E-state index contributed by atoms with van der Waals surface area (Å²) in [6.07, 6.45) is -4.65. The van der Waals surface area contributed by atoms with E-state index >= 15 is 4.57 Å². The second kappa shape index (κ2) is 13.4. The molecule has 0 unspecified atom stereocenters. The van der Waals surface area contributed by atoms with Crippen LogP contribution in [0.5, 0.6) is 0 Å². The Kier molecular flexibility index (Phi) is 9.37. The SMILES string of the molecule is O=C(Nc1ccc(C(F)(F)F)cc1Cl)/C(NC(=O)c1ccccc1)=C(\c1ccccc1)P(=O)(c1ccccc1)c1ccccc1. The molecule has 45 heavy (non-hydrogen) atoms. The van der Waals surface area contributed by atoms with Gasteiger partial charge < -0.3 is 15.2 Å². The van der Waals surface area contributed by atoms with Crippen molar-refractivity contribution in [2.45, 2.75) is 6.18 Å². The van der Waals surface area contributed by atoms with Crippen LogP contribution in [0, 0.1) is 0 Å². The van der Waals surface area contributed by atoms with Crippen molar-refractivity contribution >= 4 is 52.2 Å². The van der Waals surface area contributed by atoms with Crippen LogP contribution in [0.2, 0.25) is 5.02 Å². The summed E-state index contributed by atoms with van der Waals surface area (Å²) in [6.45, 7) is 0. The average molecular weight is 645 g/mol. The maximum absolute atomic E-state index is 15.7. The zero-order chi connectivity index (χ0) is 32.0. The third kappa shape index (κ3) is 6.93. The minimum Gasteiger partial charge on any atom is -0.319 e. The molecule has 0 atom stereocenters. The summed E-state index contributed by atoms with van der Waals surface area (Å²) in [7, 11) is -3.94. The Morgan fingerprint density at radius 2 is 1.11 bits per heavy atom. The van der Waals surface area contributed by atoms with Gasteiger partial charge in [-0.1, -0.05) is 121 Å². The predicted octanol–water partition coefficient (Wildman–Crippen LogP) is 8.11. The molecular formula is C35H25ClF3N2O3P. The van der Waals surface area contributed by atoms with E-state index in [1.165, 1.54) is 0 Å². The molecule has 5 rings (SSSR count). The highest BCUT2D eigenvalue weighted by atomic mass is 35.5. The number of alkyl halides is 3. The predicted molar refractivity (Wildman–Crippen MR) is 172 cm³/mol. The van der Waals surface area contributed by atoms with Gasteiger partial charge in [0.2, 0.25) is 0 Å². The molecule has 0 saturated heterocycles. The summed E-state index contributed by atoms with van der Waals surface area (Å²) < 4.78 is 55.6. The quantitative estimate of drug-likeness (QED) is 0.132. The smallest absolute Gasteiger partial charge is 0.319 e. The number of nitrogens with one attached hydrogen (secondary N) is 2. The lowest BCUT2D eigenvalue weighted by Gasteiger charge is -2.26. The number of hydrogen-bond acceptors (Lipinski definition) is 3. The first kappa shape index (κ1) is 31.5. The van der Waals surface area contributed by atoms with E-state index in [4.69, 9.17) is 11.6 Å². The summed E-state index contributed by atoms with van der Waals surface area (Å²) in [5.41, 5.74) is -0.895. The molecule has 0 aliphatic carbocycles. The van der Waals surface area contributed by atoms with Crippen molar-refractivity contribution in [1.82, 2.24) is 5.32 Å². The van der Waals surface area contributed by atoms with Crippen molar-refractivity contribution in [3.8, 4) is 0 Å². The van der Waals surface area contributed by atoms with E-state index in [2.05, 4.69) is 10.6 Å². The van der Waals surface area contributed by atoms with E-state index in [1.54, 1.807) is 121 Å². The fourth-order valence-electron chi connectivity index (χ4n) is 4.74. The zero-order valence-corrected chi connectivity index (χ0v) is 25.1. The number of benzene rings is 5. The van der Waals surface area contributed by atoms with Gasteiger partial charge >= 0.3 is 6.18 Å². The molecule has 5 aromatic rings. The number of anilines is 1. The van der Waals surface area contributed by atoms with Crippen LogP contribution in [0.3, 0.4) is 0 Å². The molecule has 10 heteroatoms. The minimum absolute atomic E-state index is 0.0188. The Morgan fingerprint density at radius 3 is 1.58 bits per heavy atom. The number of halogens is 4. The van der Waals surface area contributed by atoms with Crippen LogP contribution in [0.25, 0.3) is 5.31 Å². The number of carbonyl (C=O) groups excluding carboxylic acids is 2. The van der Waals surface area contributed by atoms with Gasteiger partial charge in [-0.3, -0.25) is 9.59 Å². The van der Waals surface area contributed by atoms with Gasteiger partial charge in [-0.25, -0.2) is 0 Å². The monoisotopic (exact) mass is 644 g/mol. The molecule has 226 valence electrons. The van der Waals surface area contributed by atoms with Gasteiger partial charge in [0, 0.05) is 16.2 Å². The van der Waals surface area contributed by atoms with Crippen LogP contribution in [-0.2, 0) is 15.5 Å². The fraction of sp³-hybridized carbons (Fsp3) is 0.0286. The highest BCUT2D eigenvalue weighted by Gasteiger charge is 2.38. The maximum atomic E-state index is 15.7. The molecule has 2 N–H and O–H groups in total. The van der Waals surface area contributed by atoms with Crippen molar-refractivity contribution in [3.05, 3.63) is 167 Å². The summed E-state index contributed by atoms with van der Waals surface area (Å²) in [5, 5.41) is 5.65. The molecule has 0 spiro atoms. The number of rotatable bonds is 8. The molecule has 0 aliphatic heterocycles. The third-order valence-corrected chi connectivity index (χ3v) is 10.4. The van der Waals surface area contributed by atoms with E-state index in [0.717, 1.165) is 12.1 Å². The average Bonchev–Trinajstić information content (AvgIpc) is 3.06. The number of amides is 2. The Morgan fingerprint density at radius 1 is 0.644 bits per heavy atom. The summed E-state index contributed by atoms with van der Waals surface area (Å²) in [6, 6.07) is 36.2. The van der Waals surface area contributed by atoms with Gasteiger partial charge in [-0.2, -0.15) is 13.2 Å². The first-order chi connectivity index (χ1) is 21.6. The fourth-order valence-corrected chi connectivity index (χ4v) is 7.95. The molecule has 0 aromatic heterocycles. The molecule has 0 saturated carbocycles. The molecule has 0 heterocycles. The van der Waals surface area contributed by atoms with Crippen LogP contribution in [0.1, 0.15) is 21.5 Å². The van der Waals surface area contributed by atoms with Gasteiger partial charge in [0.1, 0.15) is 5.70 Å². The minimum atomic E-state index is -4.65. The Hall–Kier alpha value is -4.91. The van der Waals surface area contributed by atoms with Crippen molar-refractivity contribution in [3.63, 3.8) is 0 Å². The van der Waals surface area contributed by atoms with Gasteiger partial charge in [0.05, 0.1) is 21.6 Å². The third-order valence-electron chi connectivity index (χ3n) is 6.88. The number of hydrogen-bond donors (Lipinski definition) is 2. The summed E-state index contributed by atoms with van der Waals surface area (Å²) in [4.78, 5) is 27.9.